The minimum Gasteiger partial charge on any atom is -0.347 e. The number of aromatic amines is 1. The molecule has 0 spiro atoms. The molecule has 2 rings (SSSR count). The van der Waals surface area contributed by atoms with Crippen LogP contribution in [-0.4, -0.2) is 47.5 Å². The molecule has 0 aromatic carbocycles. The molecule has 0 saturated heterocycles. The van der Waals surface area contributed by atoms with E-state index in [0.29, 0.717) is 6.54 Å². The van der Waals surface area contributed by atoms with Gasteiger partial charge in [-0.2, -0.15) is 0 Å². The summed E-state index contributed by atoms with van der Waals surface area (Å²) in [5.41, 5.74) is 2.15. The van der Waals surface area contributed by atoms with E-state index in [0.717, 1.165) is 24.4 Å². The summed E-state index contributed by atoms with van der Waals surface area (Å²) in [5, 5.41) is 3.31. The summed E-state index contributed by atoms with van der Waals surface area (Å²) in [6.45, 7) is 1.19. The largest absolute Gasteiger partial charge is 0.347 e. The zero-order valence-electron chi connectivity index (χ0n) is 9.21. The molecule has 1 unspecified atom stereocenters. The molecule has 90 valence electrons. The Morgan fingerprint density at radius 2 is 2.44 bits per heavy atom. The maximum absolute atomic E-state index is 12.1. The summed E-state index contributed by atoms with van der Waals surface area (Å²) >= 11 is 0. The van der Waals surface area contributed by atoms with Crippen LogP contribution in [-0.2, 0) is 13.0 Å². The average molecular weight is 230 g/mol. The van der Waals surface area contributed by atoms with Crippen molar-refractivity contribution in [3.8, 4) is 0 Å². The Hall–Kier alpha value is -1.01. The molecule has 2 N–H and O–H groups in total. The van der Waals surface area contributed by atoms with E-state index in [4.69, 9.17) is 0 Å². The van der Waals surface area contributed by atoms with E-state index in [9.17, 15) is 8.78 Å². The van der Waals surface area contributed by atoms with Crippen molar-refractivity contribution in [2.45, 2.75) is 25.4 Å². The fourth-order valence-electron chi connectivity index (χ4n) is 2.05. The van der Waals surface area contributed by atoms with Crippen molar-refractivity contribution >= 4 is 0 Å². The molecule has 0 saturated carbocycles. The number of alkyl halides is 2. The summed E-state index contributed by atoms with van der Waals surface area (Å²) in [4.78, 5) is 8.92. The van der Waals surface area contributed by atoms with E-state index < -0.39 is 6.43 Å². The van der Waals surface area contributed by atoms with Gasteiger partial charge in [-0.15, -0.1) is 0 Å². The topological polar surface area (TPSA) is 44.0 Å². The molecule has 4 nitrogen and oxygen atoms in total. The first-order valence-corrected chi connectivity index (χ1v) is 5.36. The quantitative estimate of drug-likeness (QED) is 0.797. The number of aromatic nitrogens is 2. The monoisotopic (exact) mass is 230 g/mol. The van der Waals surface area contributed by atoms with Gasteiger partial charge in [0, 0.05) is 25.6 Å². The molecule has 0 fully saturated rings. The molecule has 0 radical (unpaired) electrons. The van der Waals surface area contributed by atoms with Gasteiger partial charge in [0.05, 0.1) is 24.3 Å². The number of likely N-dealkylation sites (N-methyl/N-ethyl adjacent to an activating group) is 1. The molecule has 1 aliphatic heterocycles. The highest BCUT2D eigenvalue weighted by molar-refractivity contribution is 5.15. The first-order chi connectivity index (χ1) is 7.65. The van der Waals surface area contributed by atoms with Crippen molar-refractivity contribution in [3.63, 3.8) is 0 Å². The number of hydrogen-bond donors (Lipinski definition) is 2. The standard InChI is InChI=1S/C10H16F2N4/c1-16(5-10(11)12)4-7-2-8-9(3-13-7)15-6-14-8/h6-7,10,13H,2-5H2,1H3,(H,14,15). The number of H-pyrrole nitrogens is 1. The van der Waals surface area contributed by atoms with E-state index in [2.05, 4.69) is 15.3 Å². The van der Waals surface area contributed by atoms with Crippen molar-refractivity contribution in [2.24, 2.45) is 0 Å². The molecular formula is C10H16F2N4. The van der Waals surface area contributed by atoms with Crippen LogP contribution in [0, 0.1) is 0 Å². The van der Waals surface area contributed by atoms with Gasteiger partial charge in [-0.3, -0.25) is 4.90 Å². The molecule has 1 aliphatic rings. The number of halogens is 2. The van der Waals surface area contributed by atoms with Gasteiger partial charge in [0.1, 0.15) is 0 Å². The second kappa shape index (κ2) is 4.88. The van der Waals surface area contributed by atoms with Crippen LogP contribution in [0.3, 0.4) is 0 Å². The number of fused-ring (bicyclic) bond motifs is 1. The smallest absolute Gasteiger partial charge is 0.251 e. The van der Waals surface area contributed by atoms with Gasteiger partial charge in [0.25, 0.3) is 6.43 Å². The van der Waals surface area contributed by atoms with Crippen LogP contribution in [0.15, 0.2) is 6.33 Å². The minimum absolute atomic E-state index is 0.175. The summed E-state index contributed by atoms with van der Waals surface area (Å²) in [6, 6.07) is 0.208. The second-order valence-corrected chi connectivity index (χ2v) is 4.22. The van der Waals surface area contributed by atoms with E-state index >= 15 is 0 Å². The highest BCUT2D eigenvalue weighted by Crippen LogP contribution is 2.12. The molecule has 0 aliphatic carbocycles. The summed E-state index contributed by atoms with van der Waals surface area (Å²) in [5.74, 6) is 0. The summed E-state index contributed by atoms with van der Waals surface area (Å²) in [7, 11) is 1.72. The van der Waals surface area contributed by atoms with Crippen LogP contribution in [0.5, 0.6) is 0 Å². The Balaban J connectivity index is 1.85. The molecule has 16 heavy (non-hydrogen) atoms. The lowest BCUT2D eigenvalue weighted by Gasteiger charge is -2.27. The molecule has 2 heterocycles. The Morgan fingerprint density at radius 3 is 3.19 bits per heavy atom. The molecule has 6 heteroatoms. The summed E-state index contributed by atoms with van der Waals surface area (Å²) < 4.78 is 24.3. The maximum atomic E-state index is 12.1. The van der Waals surface area contributed by atoms with Crippen LogP contribution >= 0.6 is 0 Å². The number of nitrogens with zero attached hydrogens (tertiary/aromatic N) is 2. The lowest BCUT2D eigenvalue weighted by molar-refractivity contribution is 0.0952. The third-order valence-corrected chi connectivity index (χ3v) is 2.80. The Labute approximate surface area is 93.0 Å². The zero-order chi connectivity index (χ0) is 11.5. The predicted molar refractivity (Wildman–Crippen MR) is 56.4 cm³/mol. The lowest BCUT2D eigenvalue weighted by Crippen LogP contribution is -2.44. The number of rotatable bonds is 4. The van der Waals surface area contributed by atoms with E-state index in [-0.39, 0.29) is 12.6 Å². The highest BCUT2D eigenvalue weighted by Gasteiger charge is 2.21. The van der Waals surface area contributed by atoms with Crippen molar-refractivity contribution in [2.75, 3.05) is 20.1 Å². The van der Waals surface area contributed by atoms with Crippen LogP contribution in [0.25, 0.3) is 0 Å². The van der Waals surface area contributed by atoms with Gasteiger partial charge in [-0.1, -0.05) is 0 Å². The minimum atomic E-state index is -2.27. The fourth-order valence-corrected chi connectivity index (χ4v) is 2.05. The summed E-state index contributed by atoms with van der Waals surface area (Å²) in [6.07, 6.45) is 0.207. The second-order valence-electron chi connectivity index (χ2n) is 4.22. The van der Waals surface area contributed by atoms with E-state index in [1.54, 1.807) is 18.3 Å². The van der Waals surface area contributed by atoms with Crippen LogP contribution < -0.4 is 5.32 Å². The van der Waals surface area contributed by atoms with Crippen molar-refractivity contribution in [3.05, 3.63) is 17.7 Å². The number of imidazole rings is 1. The van der Waals surface area contributed by atoms with Gasteiger partial charge in [0.15, 0.2) is 0 Å². The van der Waals surface area contributed by atoms with E-state index in [1.165, 1.54) is 0 Å². The van der Waals surface area contributed by atoms with Crippen LogP contribution in [0.1, 0.15) is 11.4 Å². The first kappa shape index (κ1) is 11.5. The van der Waals surface area contributed by atoms with Gasteiger partial charge >= 0.3 is 0 Å². The Bertz CT molecular complexity index is 339. The predicted octanol–water partition coefficient (Wildman–Crippen LogP) is 0.621. The third-order valence-electron chi connectivity index (χ3n) is 2.80. The van der Waals surface area contributed by atoms with Gasteiger partial charge < -0.3 is 10.3 Å². The fraction of sp³-hybridized carbons (Fsp3) is 0.700. The molecule has 1 aromatic heterocycles. The van der Waals surface area contributed by atoms with E-state index in [1.807, 2.05) is 0 Å². The normalized spacial score (nSPS) is 20.4. The Kier molecular flexibility index (Phi) is 3.50. The first-order valence-electron chi connectivity index (χ1n) is 5.36. The average Bonchev–Trinajstić information content (AvgIpc) is 2.63. The molecule has 1 atom stereocenters. The van der Waals surface area contributed by atoms with Gasteiger partial charge in [0.2, 0.25) is 0 Å². The third kappa shape index (κ3) is 2.76. The number of hydrogen-bond acceptors (Lipinski definition) is 3. The SMILES string of the molecule is CN(CC(F)F)CC1Cc2nc[nH]c2CN1. The molecule has 0 amide bonds. The number of nitrogens with one attached hydrogen (secondary N) is 2. The van der Waals surface area contributed by atoms with Crippen LogP contribution in [0.4, 0.5) is 8.78 Å². The molecular weight excluding hydrogens is 214 g/mol. The van der Waals surface area contributed by atoms with Crippen LogP contribution in [0.2, 0.25) is 0 Å². The molecule has 0 bridgehead atoms. The van der Waals surface area contributed by atoms with Crippen molar-refractivity contribution < 1.29 is 8.78 Å². The maximum Gasteiger partial charge on any atom is 0.251 e. The lowest BCUT2D eigenvalue weighted by atomic mass is 10.1. The Morgan fingerprint density at radius 1 is 1.62 bits per heavy atom. The van der Waals surface area contributed by atoms with Gasteiger partial charge in [-0.05, 0) is 7.05 Å². The van der Waals surface area contributed by atoms with Gasteiger partial charge in [-0.25, -0.2) is 13.8 Å². The highest BCUT2D eigenvalue weighted by atomic mass is 19.3. The van der Waals surface area contributed by atoms with Crippen molar-refractivity contribution in [1.82, 2.24) is 20.2 Å². The van der Waals surface area contributed by atoms with Crippen molar-refractivity contribution in [1.29, 1.82) is 0 Å². The zero-order valence-corrected chi connectivity index (χ0v) is 9.21. The molecule has 1 aromatic rings.